The SMILES string of the molecule is C[C@@H](C(=O)Nc1ccc(Cl)cc1F)C1CCC(c2ccnc3cc(F)ccc23)CC1. The van der Waals surface area contributed by atoms with Crippen molar-refractivity contribution in [2.45, 2.75) is 38.5 Å². The van der Waals surface area contributed by atoms with E-state index in [-0.39, 0.29) is 29.2 Å². The van der Waals surface area contributed by atoms with Crippen molar-refractivity contribution in [2.24, 2.45) is 11.8 Å². The average Bonchev–Trinajstić information content (AvgIpc) is 2.74. The van der Waals surface area contributed by atoms with Crippen LogP contribution in [0.2, 0.25) is 5.02 Å². The molecular formula is C24H23ClF2N2O. The number of benzene rings is 2. The minimum absolute atomic E-state index is 0.153. The van der Waals surface area contributed by atoms with Crippen LogP contribution in [0.5, 0.6) is 0 Å². The Kier molecular flexibility index (Phi) is 6.00. The Morgan fingerprint density at radius 1 is 1.10 bits per heavy atom. The molecule has 1 aromatic heterocycles. The molecule has 1 aliphatic carbocycles. The molecule has 1 saturated carbocycles. The highest BCUT2D eigenvalue weighted by Crippen LogP contribution is 2.41. The first-order valence-electron chi connectivity index (χ1n) is 10.2. The Hall–Kier alpha value is -2.53. The van der Waals surface area contributed by atoms with Gasteiger partial charge in [0.25, 0.3) is 0 Å². The molecule has 3 nitrogen and oxygen atoms in total. The van der Waals surface area contributed by atoms with Gasteiger partial charge in [-0.15, -0.1) is 0 Å². The number of rotatable bonds is 4. The van der Waals surface area contributed by atoms with E-state index in [0.717, 1.165) is 31.1 Å². The van der Waals surface area contributed by atoms with Gasteiger partial charge in [0.2, 0.25) is 5.91 Å². The zero-order valence-corrected chi connectivity index (χ0v) is 17.4. The van der Waals surface area contributed by atoms with E-state index in [1.165, 1.54) is 29.8 Å². The fourth-order valence-electron chi connectivity index (χ4n) is 4.48. The molecule has 156 valence electrons. The topological polar surface area (TPSA) is 42.0 Å². The van der Waals surface area contributed by atoms with Gasteiger partial charge in [0, 0.05) is 28.6 Å². The third-order valence-corrected chi connectivity index (χ3v) is 6.49. The van der Waals surface area contributed by atoms with E-state index < -0.39 is 5.82 Å². The number of nitrogens with one attached hydrogen (secondary N) is 1. The summed E-state index contributed by atoms with van der Waals surface area (Å²) >= 11 is 5.77. The van der Waals surface area contributed by atoms with Crippen molar-refractivity contribution in [2.75, 3.05) is 5.32 Å². The second-order valence-electron chi connectivity index (χ2n) is 8.08. The maximum atomic E-state index is 14.0. The first-order valence-corrected chi connectivity index (χ1v) is 10.6. The summed E-state index contributed by atoms with van der Waals surface area (Å²) in [6, 6.07) is 11.0. The van der Waals surface area contributed by atoms with Gasteiger partial charge in [0.15, 0.2) is 0 Å². The number of carbonyl (C=O) groups is 1. The minimum atomic E-state index is -0.534. The predicted octanol–water partition coefficient (Wildman–Crippen LogP) is 6.72. The van der Waals surface area contributed by atoms with Crippen LogP contribution in [-0.2, 0) is 4.79 Å². The normalized spacial score (nSPS) is 20.1. The van der Waals surface area contributed by atoms with E-state index in [4.69, 9.17) is 11.6 Å². The van der Waals surface area contributed by atoms with Crippen LogP contribution in [0, 0.1) is 23.5 Å². The third kappa shape index (κ3) is 4.31. The van der Waals surface area contributed by atoms with Gasteiger partial charge in [-0.05, 0) is 79.5 Å². The van der Waals surface area contributed by atoms with Crippen LogP contribution in [0.25, 0.3) is 10.9 Å². The molecule has 1 heterocycles. The maximum Gasteiger partial charge on any atom is 0.227 e. The average molecular weight is 429 g/mol. The van der Waals surface area contributed by atoms with Crippen LogP contribution in [0.15, 0.2) is 48.7 Å². The summed E-state index contributed by atoms with van der Waals surface area (Å²) in [5.41, 5.74) is 2.02. The van der Waals surface area contributed by atoms with Gasteiger partial charge < -0.3 is 5.32 Å². The fraction of sp³-hybridized carbons (Fsp3) is 0.333. The minimum Gasteiger partial charge on any atom is -0.323 e. The van der Waals surface area contributed by atoms with E-state index in [0.29, 0.717) is 16.5 Å². The lowest BCUT2D eigenvalue weighted by Gasteiger charge is -2.32. The van der Waals surface area contributed by atoms with E-state index in [1.807, 2.05) is 13.0 Å². The number of aromatic nitrogens is 1. The van der Waals surface area contributed by atoms with Crippen LogP contribution in [0.3, 0.4) is 0 Å². The van der Waals surface area contributed by atoms with Crippen molar-refractivity contribution in [1.29, 1.82) is 0 Å². The standard InChI is InChI=1S/C24H23ClF2N2O/c1-14(24(30)29-22-9-6-17(25)12-21(22)27)15-2-4-16(5-3-15)19-10-11-28-23-13-18(26)7-8-20(19)23/h6-16H,2-5H2,1H3,(H,29,30)/t14-,15?,16?/m1/s1. The number of anilines is 1. The molecule has 1 fully saturated rings. The molecule has 1 atom stereocenters. The second kappa shape index (κ2) is 8.68. The highest BCUT2D eigenvalue weighted by molar-refractivity contribution is 6.30. The van der Waals surface area contributed by atoms with E-state index in [2.05, 4.69) is 10.3 Å². The molecule has 4 rings (SSSR count). The Labute approximate surface area is 179 Å². The van der Waals surface area contributed by atoms with Crippen molar-refractivity contribution in [3.8, 4) is 0 Å². The van der Waals surface area contributed by atoms with Gasteiger partial charge in [-0.1, -0.05) is 18.5 Å². The van der Waals surface area contributed by atoms with Gasteiger partial charge in [-0.25, -0.2) is 8.78 Å². The Bertz CT molecular complexity index is 1080. The van der Waals surface area contributed by atoms with E-state index in [9.17, 15) is 13.6 Å². The van der Waals surface area contributed by atoms with Crippen LogP contribution < -0.4 is 5.32 Å². The molecule has 30 heavy (non-hydrogen) atoms. The summed E-state index contributed by atoms with van der Waals surface area (Å²) < 4.78 is 27.5. The van der Waals surface area contributed by atoms with Crippen LogP contribution in [0.4, 0.5) is 14.5 Å². The number of nitrogens with zero attached hydrogens (tertiary/aromatic N) is 1. The largest absolute Gasteiger partial charge is 0.323 e. The third-order valence-electron chi connectivity index (χ3n) is 6.26. The number of carbonyl (C=O) groups excluding carboxylic acids is 1. The molecule has 0 bridgehead atoms. The molecular weight excluding hydrogens is 406 g/mol. The molecule has 1 N–H and O–H groups in total. The quantitative estimate of drug-likeness (QED) is 0.501. The van der Waals surface area contributed by atoms with E-state index >= 15 is 0 Å². The van der Waals surface area contributed by atoms with Crippen LogP contribution in [0.1, 0.15) is 44.1 Å². The molecule has 1 aliphatic rings. The van der Waals surface area contributed by atoms with Gasteiger partial charge in [0.05, 0.1) is 11.2 Å². The van der Waals surface area contributed by atoms with Gasteiger partial charge >= 0.3 is 0 Å². The molecule has 1 amide bonds. The highest BCUT2D eigenvalue weighted by Gasteiger charge is 2.30. The van der Waals surface area contributed by atoms with Gasteiger partial charge in [-0.2, -0.15) is 0 Å². The number of hydrogen-bond acceptors (Lipinski definition) is 2. The van der Waals surface area contributed by atoms with Gasteiger partial charge in [-0.3, -0.25) is 9.78 Å². The summed E-state index contributed by atoms with van der Waals surface area (Å²) in [5.74, 6) is -0.613. The van der Waals surface area contributed by atoms with Crippen molar-refractivity contribution in [3.63, 3.8) is 0 Å². The van der Waals surface area contributed by atoms with Crippen LogP contribution in [-0.4, -0.2) is 10.9 Å². The maximum absolute atomic E-state index is 14.0. The summed E-state index contributed by atoms with van der Waals surface area (Å²) in [5, 5.41) is 3.98. The summed E-state index contributed by atoms with van der Waals surface area (Å²) in [6.07, 6.45) is 5.46. The zero-order chi connectivity index (χ0) is 21.3. The lowest BCUT2D eigenvalue weighted by molar-refractivity contribution is -0.121. The zero-order valence-electron chi connectivity index (χ0n) is 16.7. The van der Waals surface area contributed by atoms with Crippen LogP contribution >= 0.6 is 11.6 Å². The monoisotopic (exact) mass is 428 g/mol. The molecule has 0 aliphatic heterocycles. The number of amides is 1. The highest BCUT2D eigenvalue weighted by atomic mass is 35.5. The number of fused-ring (bicyclic) bond motifs is 1. The van der Waals surface area contributed by atoms with E-state index in [1.54, 1.807) is 18.3 Å². The molecule has 0 saturated heterocycles. The molecule has 0 radical (unpaired) electrons. The molecule has 0 spiro atoms. The molecule has 6 heteroatoms. The summed E-state index contributed by atoms with van der Waals surface area (Å²) in [6.45, 7) is 1.90. The lowest BCUT2D eigenvalue weighted by Crippen LogP contribution is -2.30. The number of halogens is 3. The smallest absolute Gasteiger partial charge is 0.227 e. The Balaban J connectivity index is 1.41. The summed E-state index contributed by atoms with van der Waals surface area (Å²) in [4.78, 5) is 16.9. The molecule has 3 aromatic rings. The lowest BCUT2D eigenvalue weighted by atomic mass is 9.73. The van der Waals surface area contributed by atoms with Crippen molar-refractivity contribution >= 4 is 34.1 Å². The van der Waals surface area contributed by atoms with Gasteiger partial charge in [0.1, 0.15) is 11.6 Å². The Morgan fingerprint density at radius 3 is 2.60 bits per heavy atom. The first kappa shape index (κ1) is 20.7. The fourth-order valence-corrected chi connectivity index (χ4v) is 4.64. The van der Waals surface area contributed by atoms with Crippen molar-refractivity contribution in [3.05, 3.63) is 70.9 Å². The predicted molar refractivity (Wildman–Crippen MR) is 116 cm³/mol. The van der Waals surface area contributed by atoms with Crippen molar-refractivity contribution in [1.82, 2.24) is 4.98 Å². The number of hydrogen-bond donors (Lipinski definition) is 1. The molecule has 0 unspecified atom stereocenters. The molecule has 2 aromatic carbocycles. The second-order valence-corrected chi connectivity index (χ2v) is 8.51. The van der Waals surface area contributed by atoms with Crippen molar-refractivity contribution < 1.29 is 13.6 Å². The first-order chi connectivity index (χ1) is 14.4. The Morgan fingerprint density at radius 2 is 1.87 bits per heavy atom. The number of pyridine rings is 1. The summed E-state index contributed by atoms with van der Waals surface area (Å²) in [7, 11) is 0.